The van der Waals surface area contributed by atoms with E-state index >= 15 is 0 Å². The third-order valence-corrected chi connectivity index (χ3v) is 3.22. The van der Waals surface area contributed by atoms with Crippen LogP contribution in [0.15, 0.2) is 42.5 Å². The molecule has 0 aliphatic heterocycles. The van der Waals surface area contributed by atoms with Crippen molar-refractivity contribution in [2.75, 3.05) is 13.2 Å². The van der Waals surface area contributed by atoms with Gasteiger partial charge in [0.05, 0.1) is 12.1 Å². The maximum Gasteiger partial charge on any atom is 0.338 e. The van der Waals surface area contributed by atoms with Gasteiger partial charge in [-0.1, -0.05) is 30.3 Å². The number of amides is 2. The number of ether oxygens (including phenoxy) is 1. The molecule has 2 amide bonds. The van der Waals surface area contributed by atoms with E-state index in [4.69, 9.17) is 4.74 Å². The Balaban J connectivity index is 1.83. The Labute approximate surface area is 140 Å². The Morgan fingerprint density at radius 1 is 1.00 bits per heavy atom. The van der Waals surface area contributed by atoms with Crippen LogP contribution in [0.3, 0.4) is 0 Å². The first-order valence-corrected chi connectivity index (χ1v) is 7.67. The fourth-order valence-corrected chi connectivity index (χ4v) is 2.13. The van der Waals surface area contributed by atoms with Gasteiger partial charge in [0.1, 0.15) is 0 Å². The van der Waals surface area contributed by atoms with Crippen LogP contribution in [0.25, 0.3) is 10.8 Å². The fraction of sp³-hybridized carbons (Fsp3) is 0.278. The zero-order valence-corrected chi connectivity index (χ0v) is 13.7. The first kappa shape index (κ1) is 17.5. The molecule has 0 radical (unpaired) electrons. The molecule has 0 aliphatic carbocycles. The van der Waals surface area contributed by atoms with Crippen LogP contribution in [0.5, 0.6) is 0 Å². The van der Waals surface area contributed by atoms with Gasteiger partial charge in [-0.3, -0.25) is 9.59 Å². The van der Waals surface area contributed by atoms with Crippen LogP contribution in [-0.2, 0) is 14.3 Å². The van der Waals surface area contributed by atoms with E-state index in [1.165, 1.54) is 0 Å². The lowest BCUT2D eigenvalue weighted by molar-refractivity contribution is -0.128. The first-order valence-electron chi connectivity index (χ1n) is 7.67. The van der Waals surface area contributed by atoms with Gasteiger partial charge in [0.2, 0.25) is 5.91 Å². The van der Waals surface area contributed by atoms with Gasteiger partial charge in [-0.25, -0.2) is 4.79 Å². The van der Waals surface area contributed by atoms with E-state index in [1.807, 2.05) is 44.2 Å². The fourth-order valence-electron chi connectivity index (χ4n) is 2.13. The molecule has 6 heteroatoms. The molecule has 24 heavy (non-hydrogen) atoms. The summed E-state index contributed by atoms with van der Waals surface area (Å²) in [5, 5.41) is 6.98. The lowest BCUT2D eigenvalue weighted by Gasteiger charge is -2.09. The van der Waals surface area contributed by atoms with Gasteiger partial charge in [0, 0.05) is 6.04 Å². The molecular formula is C18H20N2O4. The average Bonchev–Trinajstić information content (AvgIpc) is 2.56. The third-order valence-electron chi connectivity index (χ3n) is 3.22. The van der Waals surface area contributed by atoms with Gasteiger partial charge in [-0.05, 0) is 36.8 Å². The van der Waals surface area contributed by atoms with Crippen molar-refractivity contribution >= 4 is 28.6 Å². The minimum Gasteiger partial charge on any atom is -0.452 e. The number of fused-ring (bicyclic) bond motifs is 1. The van der Waals surface area contributed by atoms with Crippen molar-refractivity contribution in [3.05, 3.63) is 48.0 Å². The summed E-state index contributed by atoms with van der Waals surface area (Å²) in [4.78, 5) is 35.0. The van der Waals surface area contributed by atoms with Crippen molar-refractivity contribution in [1.82, 2.24) is 10.6 Å². The highest BCUT2D eigenvalue weighted by Crippen LogP contribution is 2.16. The van der Waals surface area contributed by atoms with Crippen molar-refractivity contribution in [3.63, 3.8) is 0 Å². The summed E-state index contributed by atoms with van der Waals surface area (Å²) in [5.41, 5.74) is 0.374. The van der Waals surface area contributed by atoms with Gasteiger partial charge in [0.15, 0.2) is 6.61 Å². The maximum absolute atomic E-state index is 12.0. The number of hydrogen-bond donors (Lipinski definition) is 2. The largest absolute Gasteiger partial charge is 0.452 e. The highest BCUT2D eigenvalue weighted by Gasteiger charge is 2.12. The van der Waals surface area contributed by atoms with Crippen LogP contribution in [-0.4, -0.2) is 37.0 Å². The van der Waals surface area contributed by atoms with E-state index in [-0.39, 0.29) is 18.5 Å². The zero-order chi connectivity index (χ0) is 17.5. The normalized spacial score (nSPS) is 10.5. The Bertz CT molecular complexity index is 756. The van der Waals surface area contributed by atoms with Gasteiger partial charge in [-0.2, -0.15) is 0 Å². The second-order valence-corrected chi connectivity index (χ2v) is 5.64. The molecule has 2 rings (SSSR count). The smallest absolute Gasteiger partial charge is 0.338 e. The Hall–Kier alpha value is -2.89. The van der Waals surface area contributed by atoms with E-state index in [9.17, 15) is 14.4 Å². The molecule has 2 aromatic carbocycles. The Morgan fingerprint density at radius 2 is 1.71 bits per heavy atom. The molecule has 0 saturated heterocycles. The third kappa shape index (κ3) is 5.08. The molecule has 0 aliphatic rings. The van der Waals surface area contributed by atoms with Gasteiger partial charge < -0.3 is 15.4 Å². The minimum absolute atomic E-state index is 0.000123. The Kier molecular flexibility index (Phi) is 5.89. The summed E-state index contributed by atoms with van der Waals surface area (Å²) in [6, 6.07) is 12.8. The van der Waals surface area contributed by atoms with Crippen molar-refractivity contribution in [3.8, 4) is 0 Å². The molecule has 126 valence electrons. The van der Waals surface area contributed by atoms with Crippen LogP contribution in [0, 0.1) is 0 Å². The monoisotopic (exact) mass is 328 g/mol. The standard InChI is InChI=1S/C18H20N2O4/c1-12(2)20-16(21)10-19-17(22)11-24-18(23)15-8-7-13-5-3-4-6-14(13)9-15/h3-9,12H,10-11H2,1-2H3,(H,19,22)(H,20,21). The second-order valence-electron chi connectivity index (χ2n) is 5.64. The predicted molar refractivity (Wildman–Crippen MR) is 90.5 cm³/mol. The number of carbonyl (C=O) groups is 3. The number of carbonyl (C=O) groups excluding carboxylic acids is 3. The van der Waals surface area contributed by atoms with Crippen molar-refractivity contribution in [2.24, 2.45) is 0 Å². The van der Waals surface area contributed by atoms with Gasteiger partial charge in [-0.15, -0.1) is 0 Å². The molecule has 0 unspecified atom stereocenters. The molecule has 0 aromatic heterocycles. The summed E-state index contributed by atoms with van der Waals surface area (Å²) in [7, 11) is 0. The molecule has 0 fully saturated rings. The number of hydrogen-bond acceptors (Lipinski definition) is 4. The van der Waals surface area contributed by atoms with Crippen molar-refractivity contribution in [2.45, 2.75) is 19.9 Å². The number of esters is 1. The summed E-state index contributed by atoms with van der Waals surface area (Å²) < 4.78 is 4.97. The van der Waals surface area contributed by atoms with E-state index in [0.29, 0.717) is 5.56 Å². The first-order chi connectivity index (χ1) is 11.5. The van der Waals surface area contributed by atoms with Gasteiger partial charge >= 0.3 is 5.97 Å². The molecule has 2 aromatic rings. The summed E-state index contributed by atoms with van der Waals surface area (Å²) in [6.07, 6.45) is 0. The van der Waals surface area contributed by atoms with E-state index in [1.54, 1.807) is 12.1 Å². The quantitative estimate of drug-likeness (QED) is 0.790. The molecule has 6 nitrogen and oxygen atoms in total. The van der Waals surface area contributed by atoms with Crippen LogP contribution in [0.4, 0.5) is 0 Å². The molecule has 0 spiro atoms. The highest BCUT2D eigenvalue weighted by atomic mass is 16.5. The van der Waals surface area contributed by atoms with Crippen LogP contribution >= 0.6 is 0 Å². The number of rotatable bonds is 6. The molecule has 2 N–H and O–H groups in total. The summed E-state index contributed by atoms with van der Waals surface area (Å²) in [6.45, 7) is 3.07. The molecular weight excluding hydrogens is 308 g/mol. The molecule has 0 heterocycles. The molecule has 0 atom stereocenters. The highest BCUT2D eigenvalue weighted by molar-refractivity contribution is 5.96. The SMILES string of the molecule is CC(C)NC(=O)CNC(=O)COC(=O)c1ccc2ccccc2c1. The van der Waals surface area contributed by atoms with Crippen molar-refractivity contribution in [1.29, 1.82) is 0 Å². The van der Waals surface area contributed by atoms with E-state index < -0.39 is 18.5 Å². The molecule has 0 bridgehead atoms. The second kappa shape index (κ2) is 8.10. The number of nitrogens with one attached hydrogen (secondary N) is 2. The number of benzene rings is 2. The van der Waals surface area contributed by atoms with Crippen molar-refractivity contribution < 1.29 is 19.1 Å². The van der Waals surface area contributed by atoms with Crippen LogP contribution in [0.1, 0.15) is 24.2 Å². The van der Waals surface area contributed by atoms with Crippen LogP contribution in [0.2, 0.25) is 0 Å². The lowest BCUT2D eigenvalue weighted by atomic mass is 10.1. The lowest BCUT2D eigenvalue weighted by Crippen LogP contribution is -2.41. The topological polar surface area (TPSA) is 84.5 Å². The van der Waals surface area contributed by atoms with Gasteiger partial charge in [0.25, 0.3) is 5.91 Å². The molecule has 0 saturated carbocycles. The predicted octanol–water partition coefficient (Wildman–Crippen LogP) is 1.64. The summed E-state index contributed by atoms with van der Waals surface area (Å²) in [5.74, 6) is -1.40. The summed E-state index contributed by atoms with van der Waals surface area (Å²) >= 11 is 0. The van der Waals surface area contributed by atoms with Crippen LogP contribution < -0.4 is 10.6 Å². The minimum atomic E-state index is -0.581. The maximum atomic E-state index is 12.0. The van der Waals surface area contributed by atoms with E-state index in [2.05, 4.69) is 10.6 Å². The average molecular weight is 328 g/mol. The zero-order valence-electron chi connectivity index (χ0n) is 13.7. The van der Waals surface area contributed by atoms with E-state index in [0.717, 1.165) is 10.8 Å². The Morgan fingerprint density at radius 3 is 2.42 bits per heavy atom.